The predicted octanol–water partition coefficient (Wildman–Crippen LogP) is 21.7. The molecule has 558 valence electrons. The van der Waals surface area contributed by atoms with Crippen LogP contribution in [0.25, 0.3) is 0 Å². The first kappa shape index (κ1) is 92.1. The number of aliphatic hydroxyl groups is 1. The Morgan fingerprint density at radius 3 is 0.755 bits per heavy atom. The van der Waals surface area contributed by atoms with Gasteiger partial charge >= 0.3 is 39.5 Å². The molecule has 0 aliphatic carbocycles. The molecule has 0 rings (SSSR count). The van der Waals surface area contributed by atoms with Gasteiger partial charge in [-0.2, -0.15) is 0 Å². The second-order valence-electron chi connectivity index (χ2n) is 28.5. The largest absolute Gasteiger partial charge is 0.472 e. The minimum absolute atomic E-state index is 0.105. The van der Waals surface area contributed by atoms with Gasteiger partial charge in [-0.3, -0.25) is 37.3 Å². The van der Waals surface area contributed by atoms with Gasteiger partial charge in [0.2, 0.25) is 0 Å². The molecule has 0 aromatic heterocycles. The number of ether oxygens (including phenoxy) is 4. The highest BCUT2D eigenvalue weighted by molar-refractivity contribution is 7.47. The van der Waals surface area contributed by atoms with Crippen LogP contribution in [0.15, 0.2) is 0 Å². The average molecular weight is 1380 g/mol. The number of carbonyl (C=O) groups is 4. The predicted molar refractivity (Wildman–Crippen MR) is 381 cm³/mol. The number of aliphatic hydroxyl groups excluding tert-OH is 1. The molecule has 0 saturated heterocycles. The third kappa shape index (κ3) is 66.0. The number of rotatable bonds is 72. The van der Waals surface area contributed by atoms with Gasteiger partial charge in [-0.05, 0) is 49.4 Å². The van der Waals surface area contributed by atoms with Crippen LogP contribution in [0.5, 0.6) is 0 Å². The third-order valence-corrected chi connectivity index (χ3v) is 19.9. The van der Waals surface area contributed by atoms with Crippen LogP contribution in [-0.4, -0.2) is 96.7 Å². The summed E-state index contributed by atoms with van der Waals surface area (Å²) in [7, 11) is -9.91. The summed E-state index contributed by atoms with van der Waals surface area (Å²) >= 11 is 0. The summed E-state index contributed by atoms with van der Waals surface area (Å²) in [5, 5.41) is 10.6. The van der Waals surface area contributed by atoms with Gasteiger partial charge in [0.1, 0.15) is 19.3 Å². The van der Waals surface area contributed by atoms with Crippen LogP contribution in [0.3, 0.4) is 0 Å². The maximum atomic E-state index is 13.1. The van der Waals surface area contributed by atoms with Crippen molar-refractivity contribution in [3.8, 4) is 0 Å². The Labute approximate surface area is 575 Å². The number of esters is 4. The molecule has 0 fully saturated rings. The van der Waals surface area contributed by atoms with Gasteiger partial charge in [-0.15, -0.1) is 0 Å². The maximum absolute atomic E-state index is 13.1. The highest BCUT2D eigenvalue weighted by atomic mass is 31.2. The third-order valence-electron chi connectivity index (χ3n) is 18.0. The van der Waals surface area contributed by atoms with E-state index in [1.54, 1.807) is 0 Å². The van der Waals surface area contributed by atoms with E-state index in [4.69, 9.17) is 37.0 Å². The maximum Gasteiger partial charge on any atom is 0.472 e. The summed E-state index contributed by atoms with van der Waals surface area (Å²) < 4.78 is 68.5. The first-order valence-corrected chi connectivity index (χ1v) is 41.8. The summed E-state index contributed by atoms with van der Waals surface area (Å²) in [6, 6.07) is 0. The summed E-state index contributed by atoms with van der Waals surface area (Å²) in [4.78, 5) is 72.7. The molecule has 0 bridgehead atoms. The second-order valence-corrected chi connectivity index (χ2v) is 31.4. The Balaban J connectivity index is 5.24. The number of hydrogen-bond acceptors (Lipinski definition) is 15. The molecular weight excluding hydrogens is 1230 g/mol. The number of carbonyl (C=O) groups excluding carboxylic acids is 4. The van der Waals surface area contributed by atoms with Crippen molar-refractivity contribution in [3.63, 3.8) is 0 Å². The zero-order chi connectivity index (χ0) is 69.6. The number of phosphoric ester groups is 2. The van der Waals surface area contributed by atoms with Crippen LogP contribution in [0.2, 0.25) is 0 Å². The monoisotopic (exact) mass is 1380 g/mol. The van der Waals surface area contributed by atoms with E-state index in [0.717, 1.165) is 114 Å². The van der Waals surface area contributed by atoms with Gasteiger partial charge in [0, 0.05) is 25.7 Å². The van der Waals surface area contributed by atoms with E-state index in [0.29, 0.717) is 31.6 Å². The van der Waals surface area contributed by atoms with Gasteiger partial charge in [-0.1, -0.05) is 325 Å². The van der Waals surface area contributed by atoms with E-state index in [-0.39, 0.29) is 25.7 Å². The van der Waals surface area contributed by atoms with Crippen molar-refractivity contribution < 1.29 is 80.2 Å². The van der Waals surface area contributed by atoms with Crippen LogP contribution in [0.4, 0.5) is 0 Å². The normalized spacial score (nSPS) is 14.7. The van der Waals surface area contributed by atoms with E-state index in [2.05, 4.69) is 55.4 Å². The zero-order valence-electron chi connectivity index (χ0n) is 61.6. The van der Waals surface area contributed by atoms with Crippen molar-refractivity contribution in [3.05, 3.63) is 0 Å². The lowest BCUT2D eigenvalue weighted by atomic mass is 9.99. The molecule has 94 heavy (non-hydrogen) atoms. The molecule has 0 amide bonds. The lowest BCUT2D eigenvalue weighted by Crippen LogP contribution is -2.30. The molecule has 3 N–H and O–H groups in total. The lowest BCUT2D eigenvalue weighted by molar-refractivity contribution is -0.161. The van der Waals surface area contributed by atoms with Crippen LogP contribution < -0.4 is 0 Å². The van der Waals surface area contributed by atoms with Gasteiger partial charge in [0.05, 0.1) is 26.4 Å². The number of phosphoric acid groups is 2. The number of hydrogen-bond donors (Lipinski definition) is 3. The number of unbranched alkanes of at least 4 members (excludes halogenated alkanes) is 36. The van der Waals surface area contributed by atoms with Crippen LogP contribution in [0.1, 0.15) is 376 Å². The minimum atomic E-state index is -4.96. The molecule has 0 aliphatic heterocycles. The van der Waals surface area contributed by atoms with E-state index in [1.165, 1.54) is 173 Å². The Morgan fingerprint density at radius 1 is 0.298 bits per heavy atom. The van der Waals surface area contributed by atoms with Gasteiger partial charge in [0.15, 0.2) is 12.2 Å². The van der Waals surface area contributed by atoms with E-state index in [1.807, 2.05) is 0 Å². The zero-order valence-corrected chi connectivity index (χ0v) is 63.4. The first-order chi connectivity index (χ1) is 45.2. The summed E-state index contributed by atoms with van der Waals surface area (Å²) in [6.45, 7) is 14.2. The fraction of sp³-hybridized carbons (Fsp3) is 0.947. The van der Waals surface area contributed by atoms with Crippen molar-refractivity contribution >= 4 is 39.5 Å². The molecule has 0 aromatic rings. The fourth-order valence-electron chi connectivity index (χ4n) is 11.3. The molecule has 17 nitrogen and oxygen atoms in total. The summed E-state index contributed by atoms with van der Waals surface area (Å²) in [5.41, 5.74) is 0. The topological polar surface area (TPSA) is 237 Å². The standard InChI is InChI=1S/C75H146O17P2/c1-9-67(7)53-45-37-28-22-15-13-11-12-14-16-25-31-41-49-57-74(79)91-70(61-85-72(77)55-47-39-30-24-19-17-21-27-35-43-51-65(3)4)63-89-93(81,82)87-59-69(76)60-88-94(83,84)90-64-71(62-86-73(78)56-48-40-34-33-36-44-52-66(5)6)92-75(80)58-50-42-32-26-20-18-23-29-38-46-54-68(8)10-2/h65-71,76H,9-64H2,1-8H3,(H,81,82)(H,83,84)/t67?,68?,69-,70-,71-/m1/s1. The summed E-state index contributed by atoms with van der Waals surface area (Å²) in [6.07, 6.45) is 48.6. The molecule has 0 saturated carbocycles. The van der Waals surface area contributed by atoms with Gasteiger partial charge in [0.25, 0.3) is 0 Å². The van der Waals surface area contributed by atoms with Crippen LogP contribution in [0, 0.1) is 23.7 Å². The summed E-state index contributed by atoms with van der Waals surface area (Å²) in [5.74, 6) is 0.963. The molecule has 19 heteroatoms. The molecule has 0 aromatic carbocycles. The first-order valence-electron chi connectivity index (χ1n) is 38.8. The highest BCUT2D eigenvalue weighted by Crippen LogP contribution is 2.45. The molecule has 4 unspecified atom stereocenters. The fourth-order valence-corrected chi connectivity index (χ4v) is 12.9. The van der Waals surface area contributed by atoms with Crippen molar-refractivity contribution in [2.75, 3.05) is 39.6 Å². The molecule has 0 spiro atoms. The van der Waals surface area contributed by atoms with Gasteiger partial charge in [-0.25, -0.2) is 9.13 Å². The van der Waals surface area contributed by atoms with Crippen molar-refractivity contribution in [2.45, 2.75) is 395 Å². The Hall–Kier alpha value is -1.94. The van der Waals surface area contributed by atoms with E-state index >= 15 is 0 Å². The minimum Gasteiger partial charge on any atom is -0.462 e. The van der Waals surface area contributed by atoms with E-state index < -0.39 is 97.5 Å². The molecular formula is C75H146O17P2. The van der Waals surface area contributed by atoms with Crippen molar-refractivity contribution in [2.24, 2.45) is 23.7 Å². The smallest absolute Gasteiger partial charge is 0.462 e. The second kappa shape index (κ2) is 64.4. The molecule has 0 heterocycles. The Morgan fingerprint density at radius 2 is 0.511 bits per heavy atom. The quantitative estimate of drug-likeness (QED) is 0.0222. The van der Waals surface area contributed by atoms with Crippen molar-refractivity contribution in [1.29, 1.82) is 0 Å². The molecule has 0 radical (unpaired) electrons. The lowest BCUT2D eigenvalue weighted by Gasteiger charge is -2.21. The SMILES string of the molecule is CCC(C)CCCCCCCCCCCCCCCCC(=O)O[C@H](COC(=O)CCCCCCCCCCCCC(C)C)COP(=O)(O)OC[C@@H](O)COP(=O)(O)OC[C@@H](COC(=O)CCCCCCCCC(C)C)OC(=O)CCCCCCCCCCCCC(C)CC. The van der Waals surface area contributed by atoms with E-state index in [9.17, 15) is 43.2 Å². The van der Waals surface area contributed by atoms with Crippen LogP contribution in [-0.2, 0) is 65.4 Å². The van der Waals surface area contributed by atoms with Crippen LogP contribution >= 0.6 is 15.6 Å². The Kier molecular flexibility index (Phi) is 63.1. The highest BCUT2D eigenvalue weighted by Gasteiger charge is 2.30. The molecule has 0 aliphatic rings. The average Bonchev–Trinajstić information content (AvgIpc) is 1.53. The Bertz CT molecular complexity index is 1850. The van der Waals surface area contributed by atoms with Crippen molar-refractivity contribution in [1.82, 2.24) is 0 Å². The van der Waals surface area contributed by atoms with Gasteiger partial charge < -0.3 is 33.8 Å². The molecule has 7 atom stereocenters.